The Kier molecular flexibility index (Phi) is 2.88. The van der Waals surface area contributed by atoms with Crippen LogP contribution in [0.4, 0.5) is 5.82 Å². The predicted octanol–water partition coefficient (Wildman–Crippen LogP) is 3.45. The van der Waals surface area contributed by atoms with E-state index in [4.69, 9.17) is 21.9 Å². The molecule has 0 fully saturated rings. The van der Waals surface area contributed by atoms with E-state index >= 15 is 0 Å². The fraction of sp³-hybridized carbons (Fsp3) is 0.250. The molecular weight excluding hydrogens is 224 g/mol. The molecule has 1 heterocycles. The first-order chi connectivity index (χ1) is 7.65. The van der Waals surface area contributed by atoms with E-state index in [1.165, 1.54) is 0 Å². The van der Waals surface area contributed by atoms with E-state index in [1.807, 2.05) is 32.0 Å². The van der Waals surface area contributed by atoms with Gasteiger partial charge in [-0.15, -0.1) is 0 Å². The summed E-state index contributed by atoms with van der Waals surface area (Å²) >= 11 is 6.07. The van der Waals surface area contributed by atoms with E-state index in [0.29, 0.717) is 5.82 Å². The summed E-state index contributed by atoms with van der Waals surface area (Å²) < 4.78 is 5.27. The Labute approximate surface area is 99.2 Å². The van der Waals surface area contributed by atoms with Gasteiger partial charge in [-0.25, -0.2) is 0 Å². The standard InChI is InChI=1S/C12H13ClN2O/c1-3-8-11(16-15-12(8)14)9-5-4-6-10(13)7(9)2/h4-6H,3H2,1-2H3,(H2,14,15). The van der Waals surface area contributed by atoms with Gasteiger partial charge in [-0.2, -0.15) is 0 Å². The maximum Gasteiger partial charge on any atom is 0.172 e. The molecule has 2 N–H and O–H groups in total. The lowest BCUT2D eigenvalue weighted by molar-refractivity contribution is 0.435. The molecule has 2 rings (SSSR count). The average molecular weight is 237 g/mol. The first-order valence-corrected chi connectivity index (χ1v) is 5.52. The van der Waals surface area contributed by atoms with E-state index in [9.17, 15) is 0 Å². The highest BCUT2D eigenvalue weighted by Crippen LogP contribution is 2.33. The predicted molar refractivity (Wildman–Crippen MR) is 65.5 cm³/mol. The third-order valence-corrected chi connectivity index (χ3v) is 3.09. The Hall–Kier alpha value is -1.48. The topological polar surface area (TPSA) is 52.0 Å². The minimum Gasteiger partial charge on any atom is -0.381 e. The Bertz CT molecular complexity index is 520. The Morgan fingerprint density at radius 1 is 1.44 bits per heavy atom. The van der Waals surface area contributed by atoms with Crippen LogP contribution in [0, 0.1) is 6.92 Å². The number of rotatable bonds is 2. The van der Waals surface area contributed by atoms with Crippen LogP contribution in [-0.4, -0.2) is 5.16 Å². The Morgan fingerprint density at radius 3 is 2.88 bits per heavy atom. The lowest BCUT2D eigenvalue weighted by Gasteiger charge is -2.05. The molecule has 0 amide bonds. The first-order valence-electron chi connectivity index (χ1n) is 5.14. The van der Waals surface area contributed by atoms with Crippen LogP contribution in [0.25, 0.3) is 11.3 Å². The van der Waals surface area contributed by atoms with E-state index in [1.54, 1.807) is 0 Å². The summed E-state index contributed by atoms with van der Waals surface area (Å²) in [5, 5.41) is 4.51. The zero-order valence-corrected chi connectivity index (χ0v) is 10.0. The number of nitrogens with zero attached hydrogens (tertiary/aromatic N) is 1. The summed E-state index contributed by atoms with van der Waals surface area (Å²) in [6.07, 6.45) is 0.788. The zero-order valence-electron chi connectivity index (χ0n) is 9.25. The van der Waals surface area contributed by atoms with Crippen molar-refractivity contribution in [3.63, 3.8) is 0 Å². The third-order valence-electron chi connectivity index (χ3n) is 2.68. The molecule has 0 bridgehead atoms. The molecule has 4 heteroatoms. The van der Waals surface area contributed by atoms with Gasteiger partial charge in [0.05, 0.1) is 0 Å². The molecule has 0 radical (unpaired) electrons. The van der Waals surface area contributed by atoms with Gasteiger partial charge >= 0.3 is 0 Å². The highest BCUT2D eigenvalue weighted by molar-refractivity contribution is 6.31. The zero-order chi connectivity index (χ0) is 11.7. The smallest absolute Gasteiger partial charge is 0.172 e. The summed E-state index contributed by atoms with van der Waals surface area (Å²) in [6, 6.07) is 5.70. The fourth-order valence-corrected chi connectivity index (χ4v) is 1.90. The van der Waals surface area contributed by atoms with Gasteiger partial charge in [0.2, 0.25) is 0 Å². The van der Waals surface area contributed by atoms with E-state index in [2.05, 4.69) is 5.16 Å². The van der Waals surface area contributed by atoms with Crippen molar-refractivity contribution in [3.05, 3.63) is 34.3 Å². The monoisotopic (exact) mass is 236 g/mol. The van der Waals surface area contributed by atoms with E-state index in [-0.39, 0.29) is 0 Å². The molecule has 0 aliphatic carbocycles. The largest absolute Gasteiger partial charge is 0.381 e. The number of nitrogens with two attached hydrogens (primary N) is 1. The molecule has 1 aromatic carbocycles. The number of hydrogen-bond acceptors (Lipinski definition) is 3. The number of halogens is 1. The van der Waals surface area contributed by atoms with Gasteiger partial charge in [0.15, 0.2) is 11.6 Å². The van der Waals surface area contributed by atoms with Crippen LogP contribution in [0.15, 0.2) is 22.7 Å². The number of nitrogen functional groups attached to an aromatic ring is 1. The van der Waals surface area contributed by atoms with Crippen LogP contribution in [-0.2, 0) is 6.42 Å². The van der Waals surface area contributed by atoms with Gasteiger partial charge in [-0.05, 0) is 25.0 Å². The van der Waals surface area contributed by atoms with Crippen LogP contribution < -0.4 is 5.73 Å². The van der Waals surface area contributed by atoms with E-state index < -0.39 is 0 Å². The molecule has 0 unspecified atom stereocenters. The van der Waals surface area contributed by atoms with Gasteiger partial charge in [-0.3, -0.25) is 0 Å². The van der Waals surface area contributed by atoms with Crippen LogP contribution in [0.3, 0.4) is 0 Å². The Morgan fingerprint density at radius 2 is 2.19 bits per heavy atom. The SMILES string of the molecule is CCc1c(N)noc1-c1cccc(Cl)c1C. The van der Waals surface area contributed by atoms with Gasteiger partial charge in [0, 0.05) is 16.1 Å². The highest BCUT2D eigenvalue weighted by Gasteiger charge is 2.16. The van der Waals surface area contributed by atoms with Crippen molar-refractivity contribution in [3.8, 4) is 11.3 Å². The summed E-state index contributed by atoms with van der Waals surface area (Å²) in [7, 11) is 0. The van der Waals surface area contributed by atoms with Crippen molar-refractivity contribution in [2.75, 3.05) is 5.73 Å². The molecular formula is C12H13ClN2O. The molecule has 3 nitrogen and oxygen atoms in total. The maximum atomic E-state index is 6.07. The number of anilines is 1. The van der Waals surface area contributed by atoms with Crippen LogP contribution >= 0.6 is 11.6 Å². The normalized spacial score (nSPS) is 10.7. The molecule has 84 valence electrons. The molecule has 0 saturated carbocycles. The first kappa shape index (κ1) is 11.0. The summed E-state index contributed by atoms with van der Waals surface area (Å²) in [5.74, 6) is 1.18. The second kappa shape index (κ2) is 4.18. The van der Waals surface area contributed by atoms with Crippen molar-refractivity contribution in [2.45, 2.75) is 20.3 Å². The second-order valence-corrected chi connectivity index (χ2v) is 4.05. The Balaban J connectivity index is 2.63. The number of benzene rings is 1. The van der Waals surface area contributed by atoms with Crippen LogP contribution in [0.1, 0.15) is 18.1 Å². The van der Waals surface area contributed by atoms with Crippen molar-refractivity contribution < 1.29 is 4.52 Å². The van der Waals surface area contributed by atoms with Gasteiger partial charge in [-0.1, -0.05) is 35.8 Å². The average Bonchev–Trinajstić information content (AvgIpc) is 2.63. The molecule has 1 aromatic heterocycles. The van der Waals surface area contributed by atoms with Crippen molar-refractivity contribution in [1.29, 1.82) is 0 Å². The van der Waals surface area contributed by atoms with Crippen molar-refractivity contribution in [2.24, 2.45) is 0 Å². The molecule has 0 aliphatic rings. The number of aromatic nitrogens is 1. The lowest BCUT2D eigenvalue weighted by atomic mass is 10.0. The summed E-state index contributed by atoms with van der Waals surface area (Å²) in [6.45, 7) is 3.97. The van der Waals surface area contributed by atoms with Crippen LogP contribution in [0.2, 0.25) is 5.02 Å². The quantitative estimate of drug-likeness (QED) is 0.869. The maximum absolute atomic E-state index is 6.07. The minimum atomic E-state index is 0.455. The molecule has 2 aromatic rings. The molecule has 16 heavy (non-hydrogen) atoms. The van der Waals surface area contributed by atoms with E-state index in [0.717, 1.165) is 33.9 Å². The number of hydrogen-bond donors (Lipinski definition) is 1. The molecule has 0 atom stereocenters. The molecule has 0 aliphatic heterocycles. The van der Waals surface area contributed by atoms with Crippen molar-refractivity contribution in [1.82, 2.24) is 5.16 Å². The van der Waals surface area contributed by atoms with Crippen LogP contribution in [0.5, 0.6) is 0 Å². The summed E-state index contributed by atoms with van der Waals surface area (Å²) in [5.41, 5.74) is 8.61. The lowest BCUT2D eigenvalue weighted by Crippen LogP contribution is -1.92. The summed E-state index contributed by atoms with van der Waals surface area (Å²) in [4.78, 5) is 0. The third kappa shape index (κ3) is 1.67. The minimum absolute atomic E-state index is 0.455. The fourth-order valence-electron chi connectivity index (χ4n) is 1.73. The highest BCUT2D eigenvalue weighted by atomic mass is 35.5. The van der Waals surface area contributed by atoms with Gasteiger partial charge in [0.1, 0.15) is 0 Å². The second-order valence-electron chi connectivity index (χ2n) is 3.64. The van der Waals surface area contributed by atoms with Gasteiger partial charge < -0.3 is 10.3 Å². The van der Waals surface area contributed by atoms with Gasteiger partial charge in [0.25, 0.3) is 0 Å². The van der Waals surface area contributed by atoms with Crippen molar-refractivity contribution >= 4 is 17.4 Å². The molecule has 0 saturated heterocycles. The molecule has 0 spiro atoms.